The van der Waals surface area contributed by atoms with Gasteiger partial charge < -0.3 is 30.5 Å². The Balaban J connectivity index is 2.37. The van der Waals surface area contributed by atoms with Gasteiger partial charge in [0.1, 0.15) is 24.6 Å². The fourth-order valence-corrected chi connectivity index (χ4v) is 2.14. The zero-order chi connectivity index (χ0) is 14.9. The Labute approximate surface area is 114 Å². The Morgan fingerprint density at radius 2 is 2.30 bits per heavy atom. The highest BCUT2D eigenvalue weighted by atomic mass is 16.7. The van der Waals surface area contributed by atoms with E-state index in [-0.39, 0.29) is 12.4 Å². The van der Waals surface area contributed by atoms with Crippen LogP contribution in [0.4, 0.5) is 5.82 Å². The van der Waals surface area contributed by atoms with E-state index >= 15 is 0 Å². The van der Waals surface area contributed by atoms with E-state index in [0.29, 0.717) is 0 Å². The summed E-state index contributed by atoms with van der Waals surface area (Å²) in [6.07, 6.45) is -2.92. The van der Waals surface area contributed by atoms with Crippen LogP contribution in [0.5, 0.6) is 0 Å². The Morgan fingerprint density at radius 3 is 2.85 bits per heavy atom. The van der Waals surface area contributed by atoms with Crippen molar-refractivity contribution in [1.29, 1.82) is 0 Å². The van der Waals surface area contributed by atoms with E-state index < -0.39 is 36.5 Å². The van der Waals surface area contributed by atoms with E-state index in [4.69, 9.17) is 15.2 Å². The summed E-state index contributed by atoms with van der Waals surface area (Å²) in [5, 5.41) is 29.4. The van der Waals surface area contributed by atoms with Gasteiger partial charge in [-0.05, 0) is 13.0 Å². The third-order valence-corrected chi connectivity index (χ3v) is 3.12. The van der Waals surface area contributed by atoms with Gasteiger partial charge in [0, 0.05) is 12.8 Å². The van der Waals surface area contributed by atoms with Crippen molar-refractivity contribution in [3.8, 4) is 0 Å². The molecule has 9 nitrogen and oxygen atoms in total. The minimum atomic E-state index is -1.78. The van der Waals surface area contributed by atoms with Crippen molar-refractivity contribution in [3.63, 3.8) is 0 Å². The number of aliphatic hydroxyl groups is 3. The van der Waals surface area contributed by atoms with Crippen molar-refractivity contribution in [3.05, 3.63) is 22.7 Å². The third kappa shape index (κ3) is 2.30. The molecule has 1 aliphatic heterocycles. The normalized spacial score (nSPS) is 33.5. The molecule has 1 fully saturated rings. The molecule has 0 amide bonds. The number of nitrogen functional groups attached to an aromatic ring is 1. The fraction of sp³-hybridized carbons (Fsp3) is 0.636. The van der Waals surface area contributed by atoms with Gasteiger partial charge in [0.15, 0.2) is 6.23 Å². The number of rotatable bonds is 4. The van der Waals surface area contributed by atoms with Crippen molar-refractivity contribution in [2.45, 2.75) is 31.1 Å². The van der Waals surface area contributed by atoms with Gasteiger partial charge in [0.25, 0.3) is 0 Å². The van der Waals surface area contributed by atoms with E-state index in [9.17, 15) is 20.1 Å². The second-order valence-electron chi connectivity index (χ2n) is 4.39. The molecular weight excluding hydrogens is 270 g/mol. The Morgan fingerprint density at radius 1 is 1.60 bits per heavy atom. The zero-order valence-corrected chi connectivity index (χ0v) is 10.8. The highest BCUT2D eigenvalue weighted by Crippen LogP contribution is 2.37. The molecule has 0 spiro atoms. The minimum absolute atomic E-state index is 0.0255. The lowest BCUT2D eigenvalue weighted by atomic mass is 10.1. The molecule has 0 aliphatic carbocycles. The van der Waals surface area contributed by atoms with Crippen LogP contribution in [-0.2, 0) is 9.47 Å². The number of aliphatic hydroxyl groups excluding tert-OH is 3. The predicted octanol–water partition coefficient (Wildman–Crippen LogP) is -2.20. The first-order valence-corrected chi connectivity index (χ1v) is 6.08. The summed E-state index contributed by atoms with van der Waals surface area (Å²) in [6.45, 7) is 1.11. The van der Waals surface area contributed by atoms with Crippen molar-refractivity contribution in [2.24, 2.45) is 0 Å². The molecule has 2 heterocycles. The quantitative estimate of drug-likeness (QED) is 0.489. The van der Waals surface area contributed by atoms with E-state index in [2.05, 4.69) is 4.98 Å². The van der Waals surface area contributed by atoms with Crippen molar-refractivity contribution < 1.29 is 24.8 Å². The van der Waals surface area contributed by atoms with Crippen LogP contribution in [0.1, 0.15) is 13.2 Å². The smallest absolute Gasteiger partial charge is 0.351 e. The lowest BCUT2D eigenvalue weighted by Gasteiger charge is -2.29. The molecule has 4 atom stereocenters. The molecule has 5 N–H and O–H groups in total. The van der Waals surface area contributed by atoms with Gasteiger partial charge in [-0.3, -0.25) is 4.57 Å². The lowest BCUT2D eigenvalue weighted by molar-refractivity contribution is -0.280. The summed E-state index contributed by atoms with van der Waals surface area (Å²) in [6, 6.07) is 1.35. The van der Waals surface area contributed by atoms with Crippen LogP contribution in [-0.4, -0.2) is 56.1 Å². The number of hydrogen-bond donors (Lipinski definition) is 4. The SMILES string of the molecule is CCOC1(CO)OC(n2ccc(N)nc2=O)C(O)C1O. The minimum Gasteiger partial charge on any atom is -0.391 e. The Hall–Kier alpha value is -1.52. The van der Waals surface area contributed by atoms with Crippen molar-refractivity contribution in [1.82, 2.24) is 9.55 Å². The maximum absolute atomic E-state index is 11.7. The second-order valence-corrected chi connectivity index (χ2v) is 4.39. The summed E-state index contributed by atoms with van der Waals surface area (Å²) < 4.78 is 11.5. The monoisotopic (exact) mass is 287 g/mol. The summed E-state index contributed by atoms with van der Waals surface area (Å²) in [7, 11) is 0. The third-order valence-electron chi connectivity index (χ3n) is 3.12. The summed E-state index contributed by atoms with van der Waals surface area (Å²) in [5.74, 6) is -1.75. The highest BCUT2D eigenvalue weighted by Gasteiger charge is 2.56. The van der Waals surface area contributed by atoms with Crippen LogP contribution < -0.4 is 11.4 Å². The number of nitrogens with zero attached hydrogens (tertiary/aromatic N) is 2. The number of anilines is 1. The molecule has 0 bridgehead atoms. The van der Waals surface area contributed by atoms with Gasteiger partial charge in [0.05, 0.1) is 0 Å². The number of hydrogen-bond acceptors (Lipinski definition) is 8. The summed E-state index contributed by atoms with van der Waals surface area (Å²) >= 11 is 0. The average Bonchev–Trinajstić information content (AvgIpc) is 2.65. The second kappa shape index (κ2) is 5.46. The molecule has 0 radical (unpaired) electrons. The molecule has 1 aromatic heterocycles. The molecule has 2 rings (SSSR count). The standard InChI is InChI=1S/C11H17N3O6/c1-2-19-11(5-15)8(17)7(16)9(20-11)14-4-3-6(12)13-10(14)18/h3-4,7-9,15-17H,2,5H2,1H3,(H2,12,13,18). The molecule has 9 heteroatoms. The number of nitrogens with two attached hydrogens (primary N) is 1. The number of ether oxygens (including phenoxy) is 2. The van der Waals surface area contributed by atoms with Crippen molar-refractivity contribution in [2.75, 3.05) is 18.9 Å². The molecular formula is C11H17N3O6. The molecule has 1 aliphatic rings. The van der Waals surface area contributed by atoms with Crippen LogP contribution in [0, 0.1) is 0 Å². The molecule has 4 unspecified atom stereocenters. The first-order valence-electron chi connectivity index (χ1n) is 6.08. The number of aromatic nitrogens is 2. The van der Waals surface area contributed by atoms with Gasteiger partial charge >= 0.3 is 5.69 Å². The maximum atomic E-state index is 11.7. The fourth-order valence-electron chi connectivity index (χ4n) is 2.14. The molecule has 20 heavy (non-hydrogen) atoms. The first-order chi connectivity index (χ1) is 9.45. The first kappa shape index (κ1) is 14.9. The molecule has 112 valence electrons. The topological polar surface area (TPSA) is 140 Å². The molecule has 1 saturated heterocycles. The summed E-state index contributed by atoms with van der Waals surface area (Å²) in [4.78, 5) is 15.2. The Kier molecular flexibility index (Phi) is 4.06. The zero-order valence-electron chi connectivity index (χ0n) is 10.8. The van der Waals surface area contributed by atoms with Gasteiger partial charge in [-0.15, -0.1) is 0 Å². The van der Waals surface area contributed by atoms with E-state index in [1.54, 1.807) is 6.92 Å². The highest BCUT2D eigenvalue weighted by molar-refractivity contribution is 5.23. The average molecular weight is 287 g/mol. The van der Waals surface area contributed by atoms with Gasteiger partial charge in [-0.25, -0.2) is 4.79 Å². The van der Waals surface area contributed by atoms with Crippen LogP contribution in [0.2, 0.25) is 0 Å². The van der Waals surface area contributed by atoms with Gasteiger partial charge in [-0.1, -0.05) is 0 Å². The van der Waals surface area contributed by atoms with Crippen molar-refractivity contribution >= 4 is 5.82 Å². The van der Waals surface area contributed by atoms with Crippen LogP contribution >= 0.6 is 0 Å². The van der Waals surface area contributed by atoms with Gasteiger partial charge in [0.2, 0.25) is 5.79 Å². The van der Waals surface area contributed by atoms with Crippen LogP contribution in [0.3, 0.4) is 0 Å². The lowest BCUT2D eigenvalue weighted by Crippen LogP contribution is -2.48. The summed E-state index contributed by atoms with van der Waals surface area (Å²) in [5.41, 5.74) is 4.63. The largest absolute Gasteiger partial charge is 0.391 e. The van der Waals surface area contributed by atoms with E-state index in [1.165, 1.54) is 12.3 Å². The molecule has 0 aromatic carbocycles. The predicted molar refractivity (Wildman–Crippen MR) is 66.5 cm³/mol. The van der Waals surface area contributed by atoms with E-state index in [1.807, 2.05) is 0 Å². The molecule has 0 saturated carbocycles. The Bertz CT molecular complexity index is 535. The van der Waals surface area contributed by atoms with Crippen LogP contribution in [0.15, 0.2) is 17.1 Å². The van der Waals surface area contributed by atoms with E-state index in [0.717, 1.165) is 4.57 Å². The maximum Gasteiger partial charge on any atom is 0.351 e. The van der Waals surface area contributed by atoms with Crippen LogP contribution in [0.25, 0.3) is 0 Å². The molecule has 1 aromatic rings. The van der Waals surface area contributed by atoms with Gasteiger partial charge in [-0.2, -0.15) is 4.98 Å².